The van der Waals surface area contributed by atoms with Gasteiger partial charge in [-0.25, -0.2) is 9.13 Å². The van der Waals surface area contributed by atoms with E-state index in [1.54, 1.807) is 0 Å². The molecule has 0 bridgehead atoms. The second-order valence-electron chi connectivity index (χ2n) is 27.2. The monoisotopic (exact) mass is 1370 g/mol. The molecule has 0 spiro atoms. The van der Waals surface area contributed by atoms with E-state index in [-0.39, 0.29) is 25.7 Å². The van der Waals surface area contributed by atoms with Gasteiger partial charge in [0, 0.05) is 25.7 Å². The summed E-state index contributed by atoms with van der Waals surface area (Å²) in [5.41, 5.74) is 0. The molecule has 0 saturated heterocycles. The third-order valence-electron chi connectivity index (χ3n) is 17.9. The molecule has 552 valence electrons. The summed E-state index contributed by atoms with van der Waals surface area (Å²) in [6.45, 7) is 9.58. The molecule has 93 heavy (non-hydrogen) atoms. The van der Waals surface area contributed by atoms with Crippen molar-refractivity contribution in [3.63, 3.8) is 0 Å². The molecule has 3 N–H and O–H groups in total. The van der Waals surface area contributed by atoms with Crippen LogP contribution in [0.3, 0.4) is 0 Å². The van der Waals surface area contributed by atoms with Crippen molar-refractivity contribution in [2.24, 2.45) is 11.8 Å². The Labute approximate surface area is 568 Å². The zero-order valence-corrected chi connectivity index (χ0v) is 62.3. The van der Waals surface area contributed by atoms with Crippen LogP contribution in [0.1, 0.15) is 382 Å². The Balaban J connectivity index is 5.26. The number of hydrogen-bond acceptors (Lipinski definition) is 15. The minimum absolute atomic E-state index is 0.107. The van der Waals surface area contributed by atoms with Crippen LogP contribution in [-0.2, 0) is 65.4 Å². The predicted octanol–water partition coefficient (Wildman–Crippen LogP) is 21.6. The molecular weight excluding hydrogens is 1220 g/mol. The summed E-state index contributed by atoms with van der Waals surface area (Å²) in [5, 5.41) is 10.6. The maximum Gasteiger partial charge on any atom is 0.472 e. The molecule has 0 saturated carbocycles. The molecule has 0 aliphatic heterocycles. The highest BCUT2D eigenvalue weighted by Gasteiger charge is 2.30. The molecule has 0 fully saturated rings. The zero-order valence-electron chi connectivity index (χ0n) is 60.6. The molecule has 0 aliphatic rings. The predicted molar refractivity (Wildman–Crippen MR) is 377 cm³/mol. The van der Waals surface area contributed by atoms with Crippen molar-refractivity contribution < 1.29 is 80.2 Å². The fourth-order valence-corrected chi connectivity index (χ4v) is 12.8. The fourth-order valence-electron chi connectivity index (χ4n) is 11.2. The number of carbonyl (C=O) groups is 4. The van der Waals surface area contributed by atoms with Gasteiger partial charge in [0.2, 0.25) is 0 Å². The molecular formula is C74H144O17P2. The average Bonchev–Trinajstić information content (AvgIpc) is 3.06. The second kappa shape index (κ2) is 66.0. The van der Waals surface area contributed by atoms with Crippen molar-refractivity contribution in [3.05, 3.63) is 0 Å². The number of aliphatic hydroxyl groups excluding tert-OH is 1. The van der Waals surface area contributed by atoms with E-state index in [1.807, 2.05) is 0 Å². The first-order valence-electron chi connectivity index (χ1n) is 38.6. The standard InChI is InChI=1S/C74H144O17P2/c1-7-11-13-15-17-19-21-23-24-25-27-29-35-39-47-53-59-73(78)90-69(62-84-71(76)56-50-44-37-33-31-30-32-36-42-48-54-66(5)9-3)64-88-92(80,81)86-60-68(75)61-87-93(82,83)89-65-70(63-85-72(77)57-51-45-41-40-43-49-55-67(6)10-4)91-74(79)58-52-46-38-34-28-26-22-20-18-16-14-12-8-2/h66-70,75H,7-65H2,1-6H3,(H,80,81)(H,82,83)/t66?,67?,68-,69-,70-/m1/s1. The average molecular weight is 1370 g/mol. The Hall–Kier alpha value is -1.94. The molecule has 0 aromatic carbocycles. The zero-order chi connectivity index (χ0) is 68.6. The number of rotatable bonds is 73. The van der Waals surface area contributed by atoms with E-state index in [0.29, 0.717) is 25.7 Å². The lowest BCUT2D eigenvalue weighted by molar-refractivity contribution is -0.161. The Morgan fingerprint density at radius 3 is 0.763 bits per heavy atom. The van der Waals surface area contributed by atoms with Crippen LogP contribution in [0.4, 0.5) is 0 Å². The summed E-state index contributed by atoms with van der Waals surface area (Å²) >= 11 is 0. The van der Waals surface area contributed by atoms with Crippen molar-refractivity contribution in [3.8, 4) is 0 Å². The number of phosphoric acid groups is 2. The fraction of sp³-hybridized carbons (Fsp3) is 0.946. The van der Waals surface area contributed by atoms with Crippen molar-refractivity contribution in [1.82, 2.24) is 0 Å². The number of phosphoric ester groups is 2. The number of aliphatic hydroxyl groups is 1. The van der Waals surface area contributed by atoms with E-state index in [0.717, 1.165) is 108 Å². The van der Waals surface area contributed by atoms with Crippen LogP contribution in [0, 0.1) is 11.8 Å². The Morgan fingerprint density at radius 1 is 0.301 bits per heavy atom. The minimum atomic E-state index is -4.96. The molecule has 0 rings (SSSR count). The quantitative estimate of drug-likeness (QED) is 0.0222. The summed E-state index contributed by atoms with van der Waals surface area (Å²) in [5.74, 6) is -0.576. The molecule has 4 unspecified atom stereocenters. The van der Waals surface area contributed by atoms with E-state index in [4.69, 9.17) is 37.0 Å². The van der Waals surface area contributed by atoms with Crippen LogP contribution in [0.15, 0.2) is 0 Å². The SMILES string of the molecule is CCCCCCCCCCCCCCCCCCC(=O)O[C@H](COC(=O)CCCCCCCCCCCCC(C)CC)COP(=O)(O)OC[C@@H](O)COP(=O)(O)OC[C@@H](COC(=O)CCCCCCCCC(C)CC)OC(=O)CCCCCCCCCCCCCCC. The highest BCUT2D eigenvalue weighted by atomic mass is 31.2. The maximum atomic E-state index is 13.1. The summed E-state index contributed by atoms with van der Waals surface area (Å²) in [7, 11) is -9.91. The molecule has 7 atom stereocenters. The third-order valence-corrected chi connectivity index (χ3v) is 19.8. The van der Waals surface area contributed by atoms with Gasteiger partial charge in [0.25, 0.3) is 0 Å². The molecule has 0 radical (unpaired) electrons. The van der Waals surface area contributed by atoms with E-state index in [1.165, 1.54) is 193 Å². The van der Waals surface area contributed by atoms with Crippen LogP contribution in [0.5, 0.6) is 0 Å². The van der Waals surface area contributed by atoms with Crippen LogP contribution >= 0.6 is 15.6 Å². The molecule has 19 heteroatoms. The van der Waals surface area contributed by atoms with Gasteiger partial charge in [-0.05, 0) is 37.5 Å². The lowest BCUT2D eigenvalue weighted by atomic mass is 9.99. The molecule has 0 aliphatic carbocycles. The molecule has 17 nitrogen and oxygen atoms in total. The molecule has 0 heterocycles. The Morgan fingerprint density at radius 2 is 0.516 bits per heavy atom. The number of esters is 4. The highest BCUT2D eigenvalue weighted by Crippen LogP contribution is 2.45. The summed E-state index contributed by atoms with van der Waals surface area (Å²) < 4.78 is 68.5. The van der Waals surface area contributed by atoms with Crippen LogP contribution in [-0.4, -0.2) is 96.7 Å². The van der Waals surface area contributed by atoms with Crippen molar-refractivity contribution in [1.29, 1.82) is 0 Å². The second-order valence-corrected chi connectivity index (χ2v) is 30.1. The van der Waals surface area contributed by atoms with Crippen molar-refractivity contribution >= 4 is 39.5 Å². The van der Waals surface area contributed by atoms with Crippen LogP contribution in [0.2, 0.25) is 0 Å². The largest absolute Gasteiger partial charge is 0.472 e. The van der Waals surface area contributed by atoms with Gasteiger partial charge >= 0.3 is 39.5 Å². The van der Waals surface area contributed by atoms with Gasteiger partial charge in [-0.2, -0.15) is 0 Å². The van der Waals surface area contributed by atoms with E-state index < -0.39 is 97.5 Å². The summed E-state index contributed by atoms with van der Waals surface area (Å²) in [6, 6.07) is 0. The smallest absolute Gasteiger partial charge is 0.462 e. The summed E-state index contributed by atoms with van der Waals surface area (Å²) in [6.07, 6.45) is 52.5. The molecule has 0 amide bonds. The number of carbonyl (C=O) groups excluding carboxylic acids is 4. The van der Waals surface area contributed by atoms with Crippen molar-refractivity contribution in [2.75, 3.05) is 39.6 Å². The molecule has 0 aromatic rings. The van der Waals surface area contributed by atoms with E-state index in [2.05, 4.69) is 41.5 Å². The minimum Gasteiger partial charge on any atom is -0.462 e. The van der Waals surface area contributed by atoms with Gasteiger partial charge in [-0.15, -0.1) is 0 Å². The lowest BCUT2D eigenvalue weighted by Crippen LogP contribution is -2.30. The van der Waals surface area contributed by atoms with Gasteiger partial charge in [0.05, 0.1) is 26.4 Å². The number of ether oxygens (including phenoxy) is 4. The van der Waals surface area contributed by atoms with Gasteiger partial charge < -0.3 is 33.8 Å². The van der Waals surface area contributed by atoms with Crippen LogP contribution in [0.25, 0.3) is 0 Å². The Kier molecular flexibility index (Phi) is 64.6. The molecule has 0 aromatic heterocycles. The van der Waals surface area contributed by atoms with E-state index in [9.17, 15) is 43.2 Å². The first-order chi connectivity index (χ1) is 44.9. The third kappa shape index (κ3) is 65.8. The number of hydrogen-bond donors (Lipinski definition) is 3. The first kappa shape index (κ1) is 91.1. The number of unbranched alkanes of at least 4 members (excludes halogenated alkanes) is 41. The first-order valence-corrected chi connectivity index (χ1v) is 41.6. The van der Waals surface area contributed by atoms with Gasteiger partial charge in [-0.1, -0.05) is 330 Å². The van der Waals surface area contributed by atoms with Gasteiger partial charge in [0.1, 0.15) is 19.3 Å². The Bertz CT molecular complexity index is 1810. The highest BCUT2D eigenvalue weighted by molar-refractivity contribution is 7.47. The van der Waals surface area contributed by atoms with Crippen molar-refractivity contribution in [2.45, 2.75) is 400 Å². The topological polar surface area (TPSA) is 237 Å². The lowest BCUT2D eigenvalue weighted by Gasteiger charge is -2.21. The van der Waals surface area contributed by atoms with E-state index >= 15 is 0 Å². The van der Waals surface area contributed by atoms with Crippen LogP contribution < -0.4 is 0 Å². The van der Waals surface area contributed by atoms with Gasteiger partial charge in [-0.3, -0.25) is 37.3 Å². The normalized spacial score (nSPS) is 14.6. The maximum absolute atomic E-state index is 13.1. The van der Waals surface area contributed by atoms with Gasteiger partial charge in [0.15, 0.2) is 12.2 Å². The summed E-state index contributed by atoms with van der Waals surface area (Å²) in [4.78, 5) is 72.7.